The summed E-state index contributed by atoms with van der Waals surface area (Å²) in [5, 5.41) is 6.07. The molecule has 22 heavy (non-hydrogen) atoms. The lowest BCUT2D eigenvalue weighted by molar-refractivity contribution is -0.0684. The maximum absolute atomic E-state index is 12.1. The van der Waals surface area contributed by atoms with Gasteiger partial charge in [0.15, 0.2) is 0 Å². The fraction of sp³-hybridized carbons (Fsp3) is 0.588. The second-order valence-electron chi connectivity index (χ2n) is 6.34. The number of aryl methyl sites for hydroxylation is 1. The maximum Gasteiger partial charge on any atom is 0.315 e. The monoisotopic (exact) mass is 320 g/mol. The lowest BCUT2D eigenvalue weighted by Crippen LogP contribution is -2.50. The number of benzene rings is 1. The van der Waals surface area contributed by atoms with Crippen LogP contribution < -0.4 is 10.6 Å². The molecule has 2 heterocycles. The number of ether oxygens (including phenoxy) is 1. The molecule has 1 aromatic carbocycles. The minimum absolute atomic E-state index is 0.0113. The lowest BCUT2D eigenvalue weighted by Gasteiger charge is -2.37. The van der Waals surface area contributed by atoms with E-state index in [-0.39, 0.29) is 17.7 Å². The lowest BCUT2D eigenvalue weighted by atomic mass is 9.90. The number of hydrogen-bond donors (Lipinski definition) is 2. The molecule has 2 atom stereocenters. The molecule has 0 bridgehead atoms. The third-order valence-electron chi connectivity index (χ3n) is 4.43. The van der Waals surface area contributed by atoms with Gasteiger partial charge in [0.2, 0.25) is 0 Å². The second-order valence-corrected chi connectivity index (χ2v) is 7.45. The number of carbonyl (C=O) groups excluding carboxylic acids is 1. The van der Waals surface area contributed by atoms with Crippen molar-refractivity contribution in [3.8, 4) is 0 Å². The van der Waals surface area contributed by atoms with Gasteiger partial charge in [0.25, 0.3) is 0 Å². The third-order valence-corrected chi connectivity index (χ3v) is 5.65. The number of hydrogen-bond acceptors (Lipinski definition) is 3. The molecule has 2 fully saturated rings. The summed E-state index contributed by atoms with van der Waals surface area (Å²) < 4.78 is 5.99. The van der Waals surface area contributed by atoms with Crippen molar-refractivity contribution in [2.45, 2.75) is 44.4 Å². The molecule has 3 rings (SSSR count). The maximum atomic E-state index is 12.1. The van der Waals surface area contributed by atoms with Gasteiger partial charge < -0.3 is 15.4 Å². The Labute approximate surface area is 136 Å². The standard InChI is InChI=1S/C17H24N2O2S/c1-13-3-2-4-14(9-13)11-18-16(20)19-15-5-7-21-17(10-15)6-8-22-12-17/h2-4,9,15H,5-8,10-12H2,1H3,(H2,18,19,20)/t15-,17-/m1/s1. The Bertz CT molecular complexity index is 529. The summed E-state index contributed by atoms with van der Waals surface area (Å²) in [6, 6.07) is 8.36. The van der Waals surface area contributed by atoms with E-state index in [0.717, 1.165) is 37.2 Å². The summed E-state index contributed by atoms with van der Waals surface area (Å²) in [4.78, 5) is 12.1. The van der Waals surface area contributed by atoms with Gasteiger partial charge >= 0.3 is 6.03 Å². The van der Waals surface area contributed by atoms with Gasteiger partial charge in [-0.15, -0.1) is 0 Å². The molecule has 0 radical (unpaired) electrons. The van der Waals surface area contributed by atoms with E-state index in [2.05, 4.69) is 29.7 Å². The van der Waals surface area contributed by atoms with E-state index in [1.54, 1.807) is 0 Å². The van der Waals surface area contributed by atoms with E-state index in [9.17, 15) is 4.79 Å². The molecule has 5 heteroatoms. The minimum atomic E-state index is -0.0748. The van der Waals surface area contributed by atoms with Gasteiger partial charge in [0, 0.05) is 24.9 Å². The van der Waals surface area contributed by atoms with E-state index in [1.165, 1.54) is 11.3 Å². The number of urea groups is 1. The first-order valence-electron chi connectivity index (χ1n) is 7.97. The highest BCUT2D eigenvalue weighted by atomic mass is 32.2. The molecule has 0 saturated carbocycles. The summed E-state index contributed by atoms with van der Waals surface area (Å²) in [5.74, 6) is 2.24. The molecule has 2 aliphatic rings. The minimum Gasteiger partial charge on any atom is -0.374 e. The summed E-state index contributed by atoms with van der Waals surface area (Å²) in [7, 11) is 0. The smallest absolute Gasteiger partial charge is 0.315 e. The number of rotatable bonds is 3. The normalized spacial score (nSPS) is 27.8. The molecule has 1 aromatic rings. The Balaban J connectivity index is 1.47. The highest BCUT2D eigenvalue weighted by Gasteiger charge is 2.40. The van der Waals surface area contributed by atoms with Gasteiger partial charge in [0.1, 0.15) is 0 Å². The van der Waals surface area contributed by atoms with Crippen molar-refractivity contribution < 1.29 is 9.53 Å². The van der Waals surface area contributed by atoms with Gasteiger partial charge in [-0.25, -0.2) is 4.79 Å². The Kier molecular flexibility index (Phi) is 4.93. The highest BCUT2D eigenvalue weighted by molar-refractivity contribution is 7.99. The van der Waals surface area contributed by atoms with Crippen LogP contribution in [0.5, 0.6) is 0 Å². The first-order chi connectivity index (χ1) is 10.7. The molecule has 2 N–H and O–H groups in total. The third kappa shape index (κ3) is 3.96. The van der Waals surface area contributed by atoms with Crippen molar-refractivity contribution in [2.75, 3.05) is 18.1 Å². The summed E-state index contributed by atoms with van der Waals surface area (Å²) in [6.07, 6.45) is 2.96. The van der Waals surface area contributed by atoms with Gasteiger partial charge in [0.05, 0.1) is 5.60 Å². The zero-order chi connectivity index (χ0) is 15.4. The molecule has 2 aliphatic heterocycles. The van der Waals surface area contributed by atoms with Crippen LogP contribution >= 0.6 is 11.8 Å². The van der Waals surface area contributed by atoms with Crippen molar-refractivity contribution in [3.05, 3.63) is 35.4 Å². The predicted molar refractivity (Wildman–Crippen MR) is 90.2 cm³/mol. The van der Waals surface area contributed by atoms with Crippen LogP contribution in [-0.4, -0.2) is 35.8 Å². The van der Waals surface area contributed by atoms with Crippen molar-refractivity contribution in [1.29, 1.82) is 0 Å². The van der Waals surface area contributed by atoms with Crippen LogP contribution in [0.3, 0.4) is 0 Å². The predicted octanol–water partition coefficient (Wildman–Crippen LogP) is 2.85. The van der Waals surface area contributed by atoms with Crippen molar-refractivity contribution in [3.63, 3.8) is 0 Å². The number of nitrogens with one attached hydrogen (secondary N) is 2. The van der Waals surface area contributed by atoms with E-state index < -0.39 is 0 Å². The van der Waals surface area contributed by atoms with E-state index in [4.69, 9.17) is 4.74 Å². The highest BCUT2D eigenvalue weighted by Crippen LogP contribution is 2.38. The zero-order valence-electron chi connectivity index (χ0n) is 13.1. The van der Waals surface area contributed by atoms with Crippen molar-refractivity contribution in [1.82, 2.24) is 10.6 Å². The van der Waals surface area contributed by atoms with Crippen LogP contribution in [0.2, 0.25) is 0 Å². The van der Waals surface area contributed by atoms with Gasteiger partial charge in [-0.1, -0.05) is 29.8 Å². The van der Waals surface area contributed by atoms with Crippen molar-refractivity contribution >= 4 is 17.8 Å². The molecular formula is C17H24N2O2S. The Hall–Kier alpha value is -1.20. The molecule has 4 nitrogen and oxygen atoms in total. The SMILES string of the molecule is Cc1cccc(CNC(=O)N[C@@H]2CCO[C@]3(CCSC3)C2)c1. The largest absolute Gasteiger partial charge is 0.374 e. The van der Waals surface area contributed by atoms with E-state index in [1.807, 2.05) is 23.9 Å². The van der Waals surface area contributed by atoms with Gasteiger partial charge in [-0.2, -0.15) is 11.8 Å². The van der Waals surface area contributed by atoms with Crippen LogP contribution in [0.4, 0.5) is 4.79 Å². The molecule has 0 unspecified atom stereocenters. The average Bonchev–Trinajstić information content (AvgIpc) is 2.93. The van der Waals surface area contributed by atoms with Crippen LogP contribution in [0.15, 0.2) is 24.3 Å². The first kappa shape index (κ1) is 15.7. The molecular weight excluding hydrogens is 296 g/mol. The topological polar surface area (TPSA) is 50.4 Å². The van der Waals surface area contributed by atoms with Gasteiger partial charge in [-0.3, -0.25) is 0 Å². The summed E-state index contributed by atoms with van der Waals surface area (Å²) in [6.45, 7) is 3.38. The molecule has 120 valence electrons. The number of carbonyl (C=O) groups is 1. The van der Waals surface area contributed by atoms with Crippen LogP contribution in [0.1, 0.15) is 30.4 Å². The van der Waals surface area contributed by atoms with Crippen LogP contribution in [0, 0.1) is 6.92 Å². The van der Waals surface area contributed by atoms with Gasteiger partial charge in [-0.05, 0) is 37.5 Å². The average molecular weight is 320 g/mol. The summed E-state index contributed by atoms with van der Waals surface area (Å²) >= 11 is 1.96. The number of thioether (sulfide) groups is 1. The molecule has 1 spiro atoms. The molecule has 2 saturated heterocycles. The first-order valence-corrected chi connectivity index (χ1v) is 9.12. The second kappa shape index (κ2) is 6.92. The van der Waals surface area contributed by atoms with Crippen LogP contribution in [0.25, 0.3) is 0 Å². The van der Waals surface area contributed by atoms with Crippen LogP contribution in [-0.2, 0) is 11.3 Å². The Morgan fingerprint density at radius 2 is 2.41 bits per heavy atom. The molecule has 0 aromatic heterocycles. The van der Waals surface area contributed by atoms with E-state index in [0.29, 0.717) is 6.54 Å². The van der Waals surface area contributed by atoms with E-state index >= 15 is 0 Å². The van der Waals surface area contributed by atoms with Crippen molar-refractivity contribution in [2.24, 2.45) is 0 Å². The summed E-state index contributed by atoms with van der Waals surface area (Å²) in [5.41, 5.74) is 2.35. The fourth-order valence-electron chi connectivity index (χ4n) is 3.26. The fourth-order valence-corrected chi connectivity index (χ4v) is 4.63. The molecule has 2 amide bonds. The Morgan fingerprint density at radius 1 is 1.50 bits per heavy atom. The Morgan fingerprint density at radius 3 is 3.18 bits per heavy atom. The molecule has 0 aliphatic carbocycles. The zero-order valence-corrected chi connectivity index (χ0v) is 13.9. The number of amides is 2. The quantitative estimate of drug-likeness (QED) is 0.900.